The van der Waals surface area contributed by atoms with Crippen LogP contribution in [-0.4, -0.2) is 11.1 Å². The molecule has 2 nitrogen and oxygen atoms in total. The van der Waals surface area contributed by atoms with Crippen molar-refractivity contribution in [2.75, 3.05) is 0 Å². The van der Waals surface area contributed by atoms with E-state index in [9.17, 15) is 4.79 Å². The average Bonchev–Trinajstić information content (AvgIpc) is 2.52. The quantitative estimate of drug-likeness (QED) is 0.632. The molecule has 0 amide bonds. The molecule has 3 unspecified atom stereocenters. The van der Waals surface area contributed by atoms with Gasteiger partial charge in [-0.05, 0) is 24.2 Å². The lowest BCUT2D eigenvalue weighted by atomic mass is 9.88. The summed E-state index contributed by atoms with van der Waals surface area (Å²) in [7, 11) is 0. The zero-order valence-corrected chi connectivity index (χ0v) is 6.81. The normalized spacial score (nSPS) is 37.2. The smallest absolute Gasteiger partial charge is 0.303 e. The lowest BCUT2D eigenvalue weighted by Crippen LogP contribution is -2.14. The Morgan fingerprint density at radius 3 is 3.00 bits per heavy atom. The molecular weight excluding hydrogens is 152 g/mol. The van der Waals surface area contributed by atoms with Gasteiger partial charge in [0.2, 0.25) is 0 Å². The summed E-state index contributed by atoms with van der Waals surface area (Å²) >= 11 is 0. The van der Waals surface area contributed by atoms with E-state index in [4.69, 9.17) is 5.11 Å². The standard InChI is InChI=1S/C10H12O2/c11-10(12)6-8-5-4-7-2-1-3-9(7)8/h1-2,4-5,7-9H,3,6H2,(H,11,12). The molecule has 2 heteroatoms. The third-order valence-corrected chi connectivity index (χ3v) is 2.80. The molecule has 0 heterocycles. The molecule has 0 aromatic rings. The number of carbonyl (C=O) groups is 1. The van der Waals surface area contributed by atoms with E-state index in [1.807, 2.05) is 0 Å². The molecule has 0 aliphatic heterocycles. The minimum Gasteiger partial charge on any atom is -0.481 e. The third-order valence-electron chi connectivity index (χ3n) is 2.80. The van der Waals surface area contributed by atoms with Crippen LogP contribution in [0.5, 0.6) is 0 Å². The molecule has 0 spiro atoms. The zero-order valence-electron chi connectivity index (χ0n) is 6.81. The van der Waals surface area contributed by atoms with E-state index in [2.05, 4.69) is 24.3 Å². The predicted molar refractivity (Wildman–Crippen MR) is 45.6 cm³/mol. The van der Waals surface area contributed by atoms with E-state index >= 15 is 0 Å². The van der Waals surface area contributed by atoms with Crippen LogP contribution in [0.1, 0.15) is 12.8 Å². The van der Waals surface area contributed by atoms with Gasteiger partial charge in [0.15, 0.2) is 0 Å². The molecular formula is C10H12O2. The van der Waals surface area contributed by atoms with E-state index < -0.39 is 5.97 Å². The van der Waals surface area contributed by atoms with Crippen molar-refractivity contribution in [3.05, 3.63) is 24.3 Å². The van der Waals surface area contributed by atoms with Gasteiger partial charge in [-0.2, -0.15) is 0 Å². The second kappa shape index (κ2) is 2.77. The Bertz CT molecular complexity index is 253. The maximum absolute atomic E-state index is 10.5. The van der Waals surface area contributed by atoms with Crippen LogP contribution in [0.15, 0.2) is 24.3 Å². The minimum atomic E-state index is -0.683. The van der Waals surface area contributed by atoms with Gasteiger partial charge in [-0.25, -0.2) is 0 Å². The fourth-order valence-electron chi connectivity index (χ4n) is 2.19. The molecule has 2 aliphatic carbocycles. The Morgan fingerprint density at radius 1 is 1.42 bits per heavy atom. The molecule has 64 valence electrons. The average molecular weight is 164 g/mol. The molecule has 1 N–H and O–H groups in total. The van der Waals surface area contributed by atoms with Crippen molar-refractivity contribution >= 4 is 5.97 Å². The topological polar surface area (TPSA) is 37.3 Å². The van der Waals surface area contributed by atoms with Crippen LogP contribution in [0.25, 0.3) is 0 Å². The number of carboxylic acid groups (broad SMARTS) is 1. The second-order valence-electron chi connectivity index (χ2n) is 3.55. The Morgan fingerprint density at radius 2 is 2.25 bits per heavy atom. The van der Waals surface area contributed by atoms with E-state index in [1.165, 1.54) is 0 Å². The summed E-state index contributed by atoms with van der Waals surface area (Å²) in [6, 6.07) is 0. The van der Waals surface area contributed by atoms with E-state index in [0.29, 0.717) is 18.3 Å². The van der Waals surface area contributed by atoms with Crippen molar-refractivity contribution in [3.63, 3.8) is 0 Å². The first-order chi connectivity index (χ1) is 5.77. The molecule has 2 aliphatic rings. The van der Waals surface area contributed by atoms with Gasteiger partial charge in [0.25, 0.3) is 0 Å². The first-order valence-electron chi connectivity index (χ1n) is 4.34. The van der Waals surface area contributed by atoms with Gasteiger partial charge in [-0.15, -0.1) is 0 Å². The summed E-state index contributed by atoms with van der Waals surface area (Å²) in [4.78, 5) is 10.5. The highest BCUT2D eigenvalue weighted by atomic mass is 16.4. The van der Waals surface area contributed by atoms with Crippen molar-refractivity contribution in [1.29, 1.82) is 0 Å². The van der Waals surface area contributed by atoms with Crippen LogP contribution in [0.3, 0.4) is 0 Å². The van der Waals surface area contributed by atoms with E-state index in [-0.39, 0.29) is 5.92 Å². The molecule has 0 bridgehead atoms. The number of carboxylic acids is 1. The SMILES string of the molecule is O=C(O)CC1C=CC2C=CCC21. The predicted octanol–water partition coefficient (Wildman–Crippen LogP) is 1.84. The van der Waals surface area contributed by atoms with Crippen LogP contribution in [-0.2, 0) is 4.79 Å². The van der Waals surface area contributed by atoms with Crippen molar-refractivity contribution in [3.8, 4) is 0 Å². The number of rotatable bonds is 2. The summed E-state index contributed by atoms with van der Waals surface area (Å²) in [5.41, 5.74) is 0. The van der Waals surface area contributed by atoms with Gasteiger partial charge in [-0.3, -0.25) is 4.79 Å². The summed E-state index contributed by atoms with van der Waals surface area (Å²) in [5.74, 6) is 0.648. The van der Waals surface area contributed by atoms with Crippen molar-refractivity contribution in [2.24, 2.45) is 17.8 Å². The Labute approximate surface area is 71.6 Å². The molecule has 0 fully saturated rings. The van der Waals surface area contributed by atoms with Gasteiger partial charge < -0.3 is 5.11 Å². The number of hydrogen-bond acceptors (Lipinski definition) is 1. The fraction of sp³-hybridized carbons (Fsp3) is 0.500. The highest BCUT2D eigenvalue weighted by molar-refractivity contribution is 5.67. The monoisotopic (exact) mass is 164 g/mol. The van der Waals surface area contributed by atoms with Gasteiger partial charge in [0.1, 0.15) is 0 Å². The van der Waals surface area contributed by atoms with Gasteiger partial charge >= 0.3 is 5.97 Å². The third kappa shape index (κ3) is 1.17. The summed E-state index contributed by atoms with van der Waals surface area (Å²) in [5, 5.41) is 8.64. The van der Waals surface area contributed by atoms with Crippen molar-refractivity contribution in [2.45, 2.75) is 12.8 Å². The molecule has 0 radical (unpaired) electrons. The van der Waals surface area contributed by atoms with Gasteiger partial charge in [-0.1, -0.05) is 24.3 Å². The fourth-order valence-corrected chi connectivity index (χ4v) is 2.19. The molecule has 0 saturated carbocycles. The maximum atomic E-state index is 10.5. The highest BCUT2D eigenvalue weighted by Crippen LogP contribution is 2.40. The maximum Gasteiger partial charge on any atom is 0.303 e. The summed E-state index contributed by atoms with van der Waals surface area (Å²) < 4.78 is 0. The number of fused-ring (bicyclic) bond motifs is 1. The Kier molecular flexibility index (Phi) is 1.75. The molecule has 2 rings (SSSR count). The van der Waals surface area contributed by atoms with E-state index in [1.54, 1.807) is 0 Å². The van der Waals surface area contributed by atoms with Gasteiger partial charge in [0.05, 0.1) is 6.42 Å². The molecule has 0 aromatic carbocycles. The van der Waals surface area contributed by atoms with Crippen LogP contribution < -0.4 is 0 Å². The summed E-state index contributed by atoms with van der Waals surface area (Å²) in [6.45, 7) is 0. The van der Waals surface area contributed by atoms with Crippen LogP contribution in [0.4, 0.5) is 0 Å². The van der Waals surface area contributed by atoms with Crippen molar-refractivity contribution < 1.29 is 9.90 Å². The lowest BCUT2D eigenvalue weighted by Gasteiger charge is -2.16. The van der Waals surface area contributed by atoms with Crippen LogP contribution in [0, 0.1) is 17.8 Å². The molecule has 3 atom stereocenters. The molecule has 0 saturated heterocycles. The Balaban J connectivity index is 2.02. The first-order valence-corrected chi connectivity index (χ1v) is 4.34. The number of aliphatic carboxylic acids is 1. The van der Waals surface area contributed by atoms with Gasteiger partial charge in [0, 0.05) is 0 Å². The zero-order chi connectivity index (χ0) is 8.55. The molecule has 12 heavy (non-hydrogen) atoms. The van der Waals surface area contributed by atoms with Crippen LogP contribution in [0.2, 0.25) is 0 Å². The van der Waals surface area contributed by atoms with Crippen molar-refractivity contribution in [1.82, 2.24) is 0 Å². The van der Waals surface area contributed by atoms with E-state index in [0.717, 1.165) is 6.42 Å². The first kappa shape index (κ1) is 7.59. The summed E-state index contributed by atoms with van der Waals surface area (Å²) in [6.07, 6.45) is 9.89. The number of allylic oxidation sites excluding steroid dienone is 4. The second-order valence-corrected chi connectivity index (χ2v) is 3.55. The lowest BCUT2D eigenvalue weighted by molar-refractivity contribution is -0.138. The Hall–Kier alpha value is -1.05. The number of hydrogen-bond donors (Lipinski definition) is 1. The molecule has 0 aromatic heterocycles. The largest absolute Gasteiger partial charge is 0.481 e. The highest BCUT2D eigenvalue weighted by Gasteiger charge is 2.32. The van der Waals surface area contributed by atoms with Crippen LogP contribution >= 0.6 is 0 Å². The minimum absolute atomic E-state index is 0.266.